The quantitative estimate of drug-likeness (QED) is 0.0623. The van der Waals surface area contributed by atoms with Crippen LogP contribution in [0.4, 0.5) is 15.0 Å². The number of aliphatic hydroxyl groups is 2. The number of anilines is 1. The number of nitrogens with one attached hydrogen (secondary N) is 2. The first kappa shape index (κ1) is 63.2. The predicted molar refractivity (Wildman–Crippen MR) is 353 cm³/mol. The number of fused-ring (bicyclic) bond motifs is 4. The van der Waals surface area contributed by atoms with E-state index in [1.165, 1.54) is 20.9 Å². The Hall–Kier alpha value is -8.16. The molecular formula is C70H82FN13O9S. The van der Waals surface area contributed by atoms with Crippen molar-refractivity contribution in [1.82, 2.24) is 60.2 Å². The zero-order valence-corrected chi connectivity index (χ0v) is 55.1. The molecule has 2 bridgehead atoms. The number of β-amino-alcohol motifs (C(OH)–C–C–N with tert-alkyl or cyclic N) is 1. The largest absolute Gasteiger partial charge is 0.486 e. The summed E-state index contributed by atoms with van der Waals surface area (Å²) in [5.41, 5.74) is 9.83. The van der Waals surface area contributed by atoms with E-state index >= 15 is 4.39 Å². The van der Waals surface area contributed by atoms with Crippen LogP contribution in [-0.4, -0.2) is 160 Å². The van der Waals surface area contributed by atoms with Crippen molar-refractivity contribution in [2.45, 2.75) is 173 Å². The summed E-state index contributed by atoms with van der Waals surface area (Å²) >= 11 is 1.54. The highest BCUT2D eigenvalue weighted by Gasteiger charge is 2.49. The third kappa shape index (κ3) is 12.5. The number of likely N-dealkylation sites (tertiary alicyclic amines) is 2. The highest BCUT2D eigenvalue weighted by atomic mass is 32.1. The normalized spacial score (nSPS) is 21.6. The van der Waals surface area contributed by atoms with Crippen LogP contribution in [-0.2, 0) is 25.7 Å². The molecule has 6 aliphatic rings. The third-order valence-corrected chi connectivity index (χ3v) is 20.4. The van der Waals surface area contributed by atoms with E-state index in [9.17, 15) is 24.6 Å². The molecule has 14 rings (SSSR count). The topological polar surface area (TPSA) is 250 Å². The van der Waals surface area contributed by atoms with E-state index in [1.807, 2.05) is 113 Å². The van der Waals surface area contributed by atoms with E-state index in [0.29, 0.717) is 64.7 Å². The van der Waals surface area contributed by atoms with Gasteiger partial charge in [0.05, 0.1) is 64.8 Å². The number of amides is 3. The molecule has 1 unspecified atom stereocenters. The van der Waals surface area contributed by atoms with E-state index in [4.69, 9.17) is 34.0 Å². The zero-order chi connectivity index (χ0) is 65.3. The Balaban J connectivity index is 0.781. The van der Waals surface area contributed by atoms with Crippen LogP contribution in [0.1, 0.15) is 145 Å². The molecule has 3 amide bonds. The number of halogens is 1. The fourth-order valence-electron chi connectivity index (χ4n) is 14.5. The van der Waals surface area contributed by atoms with Crippen molar-refractivity contribution in [3.63, 3.8) is 0 Å². The Bertz CT molecular complexity index is 4140. The molecular weight excluding hydrogens is 1220 g/mol. The number of piperazine rings is 1. The lowest BCUT2D eigenvalue weighted by atomic mass is 9.88. The molecule has 9 heterocycles. The molecule has 4 aromatic heterocycles. The molecule has 5 saturated heterocycles. The van der Waals surface area contributed by atoms with Crippen molar-refractivity contribution in [3.05, 3.63) is 112 Å². The van der Waals surface area contributed by atoms with Crippen LogP contribution < -0.4 is 25.0 Å². The number of benzene rings is 4. The van der Waals surface area contributed by atoms with Gasteiger partial charge in [-0.25, -0.2) is 23.5 Å². The second-order valence-electron chi connectivity index (χ2n) is 27.6. The van der Waals surface area contributed by atoms with E-state index in [1.54, 1.807) is 17.8 Å². The van der Waals surface area contributed by atoms with Gasteiger partial charge in [0.1, 0.15) is 53.2 Å². The summed E-state index contributed by atoms with van der Waals surface area (Å²) in [5, 5.41) is 43.4. The molecule has 4 N–H and O–H groups in total. The maximum atomic E-state index is 17.0. The SMILES string of the molecule is Cc1ncsc1-c1ccc([C@H](CO)NC(=O)[C@@H]2C[C@@H](O)CN2C(=O)[C@H](C(C)C)n2cc(-c3ccc(COc4c(-c5c(C)c(F)cc6c5cnn6C5CCCCO5)c(C5CC5)cc5c(N6C[C@@H]7C[C@H]6CN7C(=O)OC(C)(C)C)nc(OC6CCNCC6)nc45)cc3)nn2)cc1. The van der Waals surface area contributed by atoms with Gasteiger partial charge >= 0.3 is 12.1 Å². The van der Waals surface area contributed by atoms with Crippen LogP contribution in [0.25, 0.3) is 54.6 Å². The van der Waals surface area contributed by atoms with Gasteiger partial charge < -0.3 is 54.5 Å². The third-order valence-electron chi connectivity index (χ3n) is 19.4. The number of nitrogens with zero attached hydrogens (tertiary/aromatic N) is 11. The van der Waals surface area contributed by atoms with Crippen molar-refractivity contribution >= 4 is 56.9 Å². The standard InChI is InChI=1S/C70H82FN13O9S/c1-38(2)62(67(88)82-33-48(86)27-57(82)66(87)75-55(35-85)44-17-19-45(20-18-44)64-40(4)73-37-94-64)83-34-54(78-79-83)43-13-11-41(12-14-43)36-91-63-60(59-39(3)53(71)29-56-52(59)30-74-84(56)58-10-8-9-25-90-58)50(42-15-16-42)28-51-61(63)76-68(92-49-21-23-72-24-22-49)77-65(51)80-31-47-26-46(80)32-81(47)69(89)93-70(5,6)7/h11-14,17-20,28-30,34,37-38,42,46-49,55,57-58,62,72,85-86H,8-10,15-16,21-27,31-33,35-36H2,1-7H3,(H,75,87)/t46-,47-,48+,55-,57-,58?,62-/m0/s1. The van der Waals surface area contributed by atoms with Gasteiger partial charge in [-0.3, -0.25) is 9.59 Å². The molecule has 5 aliphatic heterocycles. The minimum absolute atomic E-state index is 0.0301. The summed E-state index contributed by atoms with van der Waals surface area (Å²) in [6.07, 6.45) is 8.66. The number of aromatic nitrogens is 8. The number of rotatable bonds is 18. The van der Waals surface area contributed by atoms with E-state index < -0.39 is 35.7 Å². The maximum absolute atomic E-state index is 17.0. The lowest BCUT2D eigenvalue weighted by Gasteiger charge is -2.36. The smallest absolute Gasteiger partial charge is 0.410 e. The second-order valence-corrected chi connectivity index (χ2v) is 28.4. The Kier molecular flexibility index (Phi) is 17.4. The molecule has 1 saturated carbocycles. The fourth-order valence-corrected chi connectivity index (χ4v) is 15.3. The van der Waals surface area contributed by atoms with E-state index in [2.05, 4.69) is 36.9 Å². The van der Waals surface area contributed by atoms with Crippen molar-refractivity contribution in [2.24, 2.45) is 5.92 Å². The minimum Gasteiger partial charge on any atom is -0.486 e. The van der Waals surface area contributed by atoms with E-state index in [0.717, 1.165) is 114 Å². The molecule has 6 fully saturated rings. The molecule has 24 heteroatoms. The molecule has 7 atom stereocenters. The minimum atomic E-state index is -0.998. The second kappa shape index (κ2) is 25.9. The molecule has 494 valence electrons. The molecule has 94 heavy (non-hydrogen) atoms. The molecule has 0 radical (unpaired) electrons. The van der Waals surface area contributed by atoms with Crippen LogP contribution in [0.15, 0.2) is 78.6 Å². The number of thiazole rings is 1. The fraction of sp³-hybridized carbons (Fsp3) is 0.500. The average Bonchev–Trinajstić information content (AvgIpc) is 1.34. The van der Waals surface area contributed by atoms with Crippen molar-refractivity contribution in [1.29, 1.82) is 0 Å². The van der Waals surface area contributed by atoms with Crippen molar-refractivity contribution in [2.75, 3.05) is 50.8 Å². The summed E-state index contributed by atoms with van der Waals surface area (Å²) in [7, 11) is 0. The summed E-state index contributed by atoms with van der Waals surface area (Å²) in [4.78, 5) is 64.1. The Morgan fingerprint density at radius 1 is 0.894 bits per heavy atom. The number of piperidine rings is 1. The monoisotopic (exact) mass is 1300 g/mol. The first-order valence-electron chi connectivity index (χ1n) is 33.2. The molecule has 8 aromatic rings. The molecule has 4 aromatic carbocycles. The van der Waals surface area contributed by atoms with Gasteiger partial charge in [-0.1, -0.05) is 67.6 Å². The van der Waals surface area contributed by atoms with Gasteiger partial charge in [0.25, 0.3) is 0 Å². The van der Waals surface area contributed by atoms with Gasteiger partial charge in [-0.05, 0) is 145 Å². The Labute approximate surface area is 549 Å². The summed E-state index contributed by atoms with van der Waals surface area (Å²) < 4.78 is 46.6. The van der Waals surface area contributed by atoms with Gasteiger partial charge in [-0.15, -0.1) is 16.4 Å². The number of carbonyl (C=O) groups excluding carboxylic acids is 3. The molecule has 0 spiro atoms. The summed E-state index contributed by atoms with van der Waals surface area (Å²) in [6, 6.07) is 16.6. The maximum Gasteiger partial charge on any atom is 0.410 e. The van der Waals surface area contributed by atoms with Gasteiger partial charge in [0, 0.05) is 66.2 Å². The number of ether oxygens (including phenoxy) is 4. The lowest BCUT2D eigenvalue weighted by Crippen LogP contribution is -2.50. The van der Waals surface area contributed by atoms with Crippen LogP contribution in [0.5, 0.6) is 11.8 Å². The Morgan fingerprint density at radius 2 is 1.67 bits per heavy atom. The molecule has 22 nitrogen and oxygen atoms in total. The average molecular weight is 1300 g/mol. The van der Waals surface area contributed by atoms with Gasteiger partial charge in [0.15, 0.2) is 12.0 Å². The van der Waals surface area contributed by atoms with Crippen molar-refractivity contribution < 1.29 is 47.9 Å². The zero-order valence-electron chi connectivity index (χ0n) is 54.3. The van der Waals surface area contributed by atoms with Crippen LogP contribution in [0, 0.1) is 25.6 Å². The number of carbonyl (C=O) groups is 3. The van der Waals surface area contributed by atoms with Gasteiger partial charge in [0.2, 0.25) is 11.8 Å². The summed E-state index contributed by atoms with van der Waals surface area (Å²) in [6.45, 7) is 16.1. The summed E-state index contributed by atoms with van der Waals surface area (Å²) in [5.74, 6) is -0.244. The Morgan fingerprint density at radius 3 is 2.35 bits per heavy atom. The predicted octanol–water partition coefficient (Wildman–Crippen LogP) is 10.3. The van der Waals surface area contributed by atoms with Gasteiger partial charge in [-0.2, -0.15) is 15.1 Å². The highest BCUT2D eigenvalue weighted by molar-refractivity contribution is 7.13. The lowest BCUT2D eigenvalue weighted by molar-refractivity contribution is -0.142. The molecule has 1 aliphatic carbocycles. The van der Waals surface area contributed by atoms with Crippen LogP contribution in [0.3, 0.4) is 0 Å². The van der Waals surface area contributed by atoms with Crippen molar-refractivity contribution in [3.8, 4) is 44.6 Å². The van der Waals surface area contributed by atoms with E-state index in [-0.39, 0.29) is 86.3 Å². The van der Waals surface area contributed by atoms with Crippen LogP contribution >= 0.6 is 11.3 Å². The first-order chi connectivity index (χ1) is 45.4. The first-order valence-corrected chi connectivity index (χ1v) is 34.1. The number of hydrogen-bond acceptors (Lipinski definition) is 18. The number of hydrogen-bond donors (Lipinski definition) is 4. The van der Waals surface area contributed by atoms with Crippen LogP contribution in [0.2, 0.25) is 0 Å². The number of aliphatic hydroxyl groups excluding tert-OH is 2. The number of aryl methyl sites for hydroxylation is 1. The highest BCUT2D eigenvalue weighted by Crippen LogP contribution is 2.54.